The zero-order valence-electron chi connectivity index (χ0n) is 11.7. The highest BCUT2D eigenvalue weighted by Gasteiger charge is 2.20. The van der Waals surface area contributed by atoms with Crippen LogP contribution >= 0.6 is 22.6 Å². The molecule has 0 aliphatic heterocycles. The molecule has 6 heteroatoms. The van der Waals surface area contributed by atoms with E-state index in [2.05, 4.69) is 28.0 Å². The molecule has 2 aromatic rings. The Morgan fingerprint density at radius 1 is 1.10 bits per heavy atom. The smallest absolute Gasteiger partial charge is 0.124 e. The van der Waals surface area contributed by atoms with E-state index in [4.69, 9.17) is 15.3 Å². The van der Waals surface area contributed by atoms with Gasteiger partial charge in [-0.2, -0.15) is 0 Å². The van der Waals surface area contributed by atoms with Crippen LogP contribution in [0.3, 0.4) is 0 Å². The average Bonchev–Trinajstić information content (AvgIpc) is 2.49. The number of nitrogens with two attached hydrogens (primary N) is 1. The Balaban J connectivity index is 2.54. The highest BCUT2D eigenvalue weighted by atomic mass is 127. The lowest BCUT2D eigenvalue weighted by Crippen LogP contribution is -2.29. The molecule has 2 aromatic carbocycles. The predicted octanol–water partition coefficient (Wildman–Crippen LogP) is 3.00. The molecule has 2 rings (SSSR count). The Labute approximate surface area is 136 Å². The van der Waals surface area contributed by atoms with Gasteiger partial charge in [-0.25, -0.2) is 9.82 Å². The zero-order valence-corrected chi connectivity index (χ0v) is 13.8. The monoisotopic (exact) mass is 402 g/mol. The standard InChI is InChI=1S/C15H16FIN2O2/c1-20-10-4-6-14(21-2)12(8-10)15(19-18)11-5-3-9(16)7-13(11)17/h3-8,15,19H,18H2,1-2H3. The summed E-state index contributed by atoms with van der Waals surface area (Å²) in [6.45, 7) is 0. The van der Waals surface area contributed by atoms with E-state index in [0.717, 1.165) is 14.7 Å². The van der Waals surface area contributed by atoms with Crippen LogP contribution in [0.15, 0.2) is 36.4 Å². The summed E-state index contributed by atoms with van der Waals surface area (Å²) in [5.74, 6) is 6.81. The fourth-order valence-electron chi connectivity index (χ4n) is 2.15. The molecule has 0 heterocycles. The summed E-state index contributed by atoms with van der Waals surface area (Å²) < 4.78 is 24.7. The van der Waals surface area contributed by atoms with E-state index in [1.807, 2.05) is 18.2 Å². The van der Waals surface area contributed by atoms with Crippen LogP contribution in [0, 0.1) is 9.39 Å². The van der Waals surface area contributed by atoms with Crippen LogP contribution in [0.5, 0.6) is 11.5 Å². The molecule has 0 bridgehead atoms. The van der Waals surface area contributed by atoms with E-state index in [0.29, 0.717) is 11.5 Å². The molecule has 4 nitrogen and oxygen atoms in total. The van der Waals surface area contributed by atoms with Crippen molar-refractivity contribution >= 4 is 22.6 Å². The molecule has 0 amide bonds. The summed E-state index contributed by atoms with van der Waals surface area (Å²) >= 11 is 2.09. The highest BCUT2D eigenvalue weighted by Crippen LogP contribution is 2.34. The van der Waals surface area contributed by atoms with Crippen LogP contribution in [-0.2, 0) is 0 Å². The second-order valence-corrected chi connectivity index (χ2v) is 5.54. The van der Waals surface area contributed by atoms with Gasteiger partial charge in [0.1, 0.15) is 17.3 Å². The molecule has 112 valence electrons. The van der Waals surface area contributed by atoms with Crippen molar-refractivity contribution in [1.29, 1.82) is 0 Å². The summed E-state index contributed by atoms with van der Waals surface area (Å²) in [5.41, 5.74) is 4.45. The van der Waals surface area contributed by atoms with Gasteiger partial charge in [0.2, 0.25) is 0 Å². The summed E-state index contributed by atoms with van der Waals surface area (Å²) in [6.07, 6.45) is 0. The Morgan fingerprint density at radius 3 is 2.43 bits per heavy atom. The third kappa shape index (κ3) is 3.45. The first-order valence-corrected chi connectivity index (χ1v) is 7.31. The summed E-state index contributed by atoms with van der Waals surface area (Å²) in [4.78, 5) is 0. The minimum absolute atomic E-state index is 0.281. The normalized spacial score (nSPS) is 12.0. The van der Waals surface area contributed by atoms with Crippen LogP contribution in [0.2, 0.25) is 0 Å². The van der Waals surface area contributed by atoms with Crippen LogP contribution in [-0.4, -0.2) is 14.2 Å². The van der Waals surface area contributed by atoms with Crippen LogP contribution in [0.25, 0.3) is 0 Å². The minimum Gasteiger partial charge on any atom is -0.497 e. The molecule has 0 fully saturated rings. The van der Waals surface area contributed by atoms with Gasteiger partial charge in [0, 0.05) is 9.13 Å². The number of halogens is 2. The molecule has 3 N–H and O–H groups in total. The van der Waals surface area contributed by atoms with Gasteiger partial charge < -0.3 is 9.47 Å². The second kappa shape index (κ2) is 7.06. The summed E-state index contributed by atoms with van der Waals surface area (Å²) in [5, 5.41) is 0. The lowest BCUT2D eigenvalue weighted by molar-refractivity contribution is 0.394. The quantitative estimate of drug-likeness (QED) is 0.459. The molecule has 0 saturated heterocycles. The highest BCUT2D eigenvalue weighted by molar-refractivity contribution is 14.1. The number of hydrogen-bond donors (Lipinski definition) is 2. The Bertz CT molecular complexity index is 637. The lowest BCUT2D eigenvalue weighted by atomic mass is 9.98. The van der Waals surface area contributed by atoms with Crippen molar-refractivity contribution in [2.45, 2.75) is 6.04 Å². The van der Waals surface area contributed by atoms with Gasteiger partial charge in [-0.1, -0.05) is 6.07 Å². The lowest BCUT2D eigenvalue weighted by Gasteiger charge is -2.21. The maximum absolute atomic E-state index is 13.3. The first kappa shape index (κ1) is 16.0. The summed E-state index contributed by atoms with van der Waals surface area (Å²) in [7, 11) is 3.19. The number of rotatable bonds is 5. The topological polar surface area (TPSA) is 56.5 Å². The van der Waals surface area contributed by atoms with Crippen molar-refractivity contribution < 1.29 is 13.9 Å². The molecule has 0 spiro atoms. The fraction of sp³-hybridized carbons (Fsp3) is 0.200. The van der Waals surface area contributed by atoms with E-state index in [9.17, 15) is 4.39 Å². The molecular weight excluding hydrogens is 386 g/mol. The van der Waals surface area contributed by atoms with Gasteiger partial charge >= 0.3 is 0 Å². The second-order valence-electron chi connectivity index (χ2n) is 4.37. The van der Waals surface area contributed by atoms with Gasteiger partial charge in [0.05, 0.1) is 20.3 Å². The molecule has 21 heavy (non-hydrogen) atoms. The first-order valence-electron chi connectivity index (χ1n) is 6.23. The Hall–Kier alpha value is -1.38. The SMILES string of the molecule is COc1ccc(OC)c(C(NN)c2ccc(F)cc2I)c1. The van der Waals surface area contributed by atoms with E-state index < -0.39 is 0 Å². The minimum atomic E-state index is -0.331. The largest absolute Gasteiger partial charge is 0.497 e. The number of hydrogen-bond acceptors (Lipinski definition) is 4. The molecule has 1 unspecified atom stereocenters. The molecule has 0 aromatic heterocycles. The van der Waals surface area contributed by atoms with E-state index in [-0.39, 0.29) is 11.9 Å². The predicted molar refractivity (Wildman–Crippen MR) is 87.8 cm³/mol. The first-order chi connectivity index (χ1) is 10.1. The van der Waals surface area contributed by atoms with Crippen molar-refractivity contribution in [3.8, 4) is 11.5 Å². The third-order valence-electron chi connectivity index (χ3n) is 3.19. The van der Waals surface area contributed by atoms with Crippen molar-refractivity contribution in [2.24, 2.45) is 5.84 Å². The Morgan fingerprint density at radius 2 is 1.86 bits per heavy atom. The zero-order chi connectivity index (χ0) is 15.4. The van der Waals surface area contributed by atoms with Gasteiger partial charge in [-0.05, 0) is 58.5 Å². The average molecular weight is 402 g/mol. The van der Waals surface area contributed by atoms with E-state index in [1.54, 1.807) is 20.3 Å². The number of nitrogens with one attached hydrogen (secondary N) is 1. The fourth-order valence-corrected chi connectivity index (χ4v) is 2.94. The maximum atomic E-state index is 13.3. The van der Waals surface area contributed by atoms with Crippen molar-refractivity contribution in [3.05, 3.63) is 56.9 Å². The maximum Gasteiger partial charge on any atom is 0.124 e. The molecule has 1 atom stereocenters. The summed E-state index contributed by atoms with van der Waals surface area (Å²) in [6, 6.07) is 9.73. The van der Waals surface area contributed by atoms with E-state index >= 15 is 0 Å². The number of benzene rings is 2. The molecule has 0 aliphatic rings. The van der Waals surface area contributed by atoms with Gasteiger partial charge in [0.25, 0.3) is 0 Å². The third-order valence-corrected chi connectivity index (χ3v) is 4.12. The van der Waals surface area contributed by atoms with Gasteiger partial charge in [-0.15, -0.1) is 0 Å². The van der Waals surface area contributed by atoms with Gasteiger partial charge in [-0.3, -0.25) is 5.84 Å². The Kier molecular flexibility index (Phi) is 5.38. The van der Waals surface area contributed by atoms with E-state index in [1.165, 1.54) is 12.1 Å². The van der Waals surface area contributed by atoms with Crippen molar-refractivity contribution in [1.82, 2.24) is 5.43 Å². The molecule has 0 radical (unpaired) electrons. The van der Waals surface area contributed by atoms with Crippen LogP contribution in [0.1, 0.15) is 17.2 Å². The van der Waals surface area contributed by atoms with Crippen molar-refractivity contribution in [2.75, 3.05) is 14.2 Å². The molecule has 0 saturated carbocycles. The number of hydrazine groups is 1. The number of ether oxygens (including phenoxy) is 2. The molecule has 0 aliphatic carbocycles. The van der Waals surface area contributed by atoms with Gasteiger partial charge in [0.15, 0.2) is 0 Å². The molecular formula is C15H16FIN2O2. The van der Waals surface area contributed by atoms with Crippen molar-refractivity contribution in [3.63, 3.8) is 0 Å². The number of methoxy groups -OCH3 is 2. The van der Waals surface area contributed by atoms with Crippen LogP contribution < -0.4 is 20.7 Å². The van der Waals surface area contributed by atoms with Crippen LogP contribution in [0.4, 0.5) is 4.39 Å².